The average molecular weight is 325 g/mol. The number of ether oxygens (including phenoxy) is 1. The summed E-state index contributed by atoms with van der Waals surface area (Å²) in [4.78, 5) is 0. The van der Waals surface area contributed by atoms with Gasteiger partial charge in [-0.25, -0.2) is 4.68 Å². The Balaban J connectivity index is 1.55. The van der Waals surface area contributed by atoms with Gasteiger partial charge in [0.2, 0.25) is 0 Å². The molecule has 4 rings (SSSR count). The van der Waals surface area contributed by atoms with Crippen LogP contribution in [-0.2, 0) is 11.3 Å². The second kappa shape index (κ2) is 5.74. The molecule has 0 radical (unpaired) electrons. The van der Waals surface area contributed by atoms with E-state index in [0.717, 1.165) is 36.5 Å². The van der Waals surface area contributed by atoms with Gasteiger partial charge in [0, 0.05) is 29.7 Å². The highest BCUT2D eigenvalue weighted by Gasteiger charge is 2.31. The van der Waals surface area contributed by atoms with Crippen molar-refractivity contribution >= 4 is 11.0 Å². The molecule has 126 valence electrons. The molecule has 1 atom stereocenters. The summed E-state index contributed by atoms with van der Waals surface area (Å²) in [5, 5.41) is 9.88. The van der Waals surface area contributed by atoms with Gasteiger partial charge in [0.05, 0.1) is 11.3 Å². The van der Waals surface area contributed by atoms with Crippen LogP contribution in [0.25, 0.3) is 11.0 Å². The maximum absolute atomic E-state index is 5.98. The molecule has 0 bridgehead atoms. The zero-order chi connectivity index (χ0) is 16.7. The standard InChI is InChI=1S/C19H23N3O2/c1-13-15-6-4-5-7-17(15)24-18(13)12-22-11-16(20-21-22)14-8-9-23-19(2,3)10-14/h4-7,11,14H,8-10,12H2,1-3H3. The minimum absolute atomic E-state index is 0.0813. The van der Waals surface area contributed by atoms with Crippen molar-refractivity contribution in [1.82, 2.24) is 15.0 Å². The van der Waals surface area contributed by atoms with Gasteiger partial charge in [-0.15, -0.1) is 5.10 Å². The smallest absolute Gasteiger partial charge is 0.134 e. The molecule has 0 aliphatic carbocycles. The molecule has 24 heavy (non-hydrogen) atoms. The first-order chi connectivity index (χ1) is 11.5. The second-order valence-corrected chi connectivity index (χ2v) is 7.29. The Bertz CT molecular complexity index is 863. The Morgan fingerprint density at radius 1 is 1.29 bits per heavy atom. The third-order valence-electron chi connectivity index (χ3n) is 4.92. The predicted octanol–water partition coefficient (Wildman–Crippen LogP) is 4.05. The van der Waals surface area contributed by atoms with Crippen molar-refractivity contribution in [3.63, 3.8) is 0 Å². The first-order valence-corrected chi connectivity index (χ1v) is 8.53. The highest BCUT2D eigenvalue weighted by molar-refractivity contribution is 5.81. The van der Waals surface area contributed by atoms with Crippen molar-refractivity contribution in [2.75, 3.05) is 6.61 Å². The lowest BCUT2D eigenvalue weighted by atomic mass is 9.86. The number of furan rings is 1. The normalized spacial score (nSPS) is 20.5. The summed E-state index contributed by atoms with van der Waals surface area (Å²) >= 11 is 0. The molecule has 0 spiro atoms. The van der Waals surface area contributed by atoms with Crippen LogP contribution in [0.15, 0.2) is 34.9 Å². The number of fused-ring (bicyclic) bond motifs is 1. The summed E-state index contributed by atoms with van der Waals surface area (Å²) < 4.78 is 13.7. The van der Waals surface area contributed by atoms with E-state index in [0.29, 0.717) is 12.5 Å². The molecule has 0 saturated carbocycles. The average Bonchev–Trinajstić information content (AvgIpc) is 3.13. The third kappa shape index (κ3) is 2.84. The topological polar surface area (TPSA) is 53.1 Å². The van der Waals surface area contributed by atoms with Crippen molar-refractivity contribution in [2.45, 2.75) is 51.7 Å². The van der Waals surface area contributed by atoms with Crippen molar-refractivity contribution in [1.29, 1.82) is 0 Å². The second-order valence-electron chi connectivity index (χ2n) is 7.29. The zero-order valence-electron chi connectivity index (χ0n) is 14.5. The summed E-state index contributed by atoms with van der Waals surface area (Å²) in [6.45, 7) is 7.77. The number of aryl methyl sites for hydroxylation is 1. The monoisotopic (exact) mass is 325 g/mol. The maximum Gasteiger partial charge on any atom is 0.134 e. The molecule has 5 nitrogen and oxygen atoms in total. The lowest BCUT2D eigenvalue weighted by molar-refractivity contribution is -0.0597. The van der Waals surface area contributed by atoms with Gasteiger partial charge < -0.3 is 9.15 Å². The summed E-state index contributed by atoms with van der Waals surface area (Å²) in [5.41, 5.74) is 3.08. The van der Waals surface area contributed by atoms with E-state index in [1.807, 2.05) is 22.9 Å². The van der Waals surface area contributed by atoms with Gasteiger partial charge in [-0.05, 0) is 39.7 Å². The van der Waals surface area contributed by atoms with Crippen LogP contribution in [0.2, 0.25) is 0 Å². The molecule has 3 heterocycles. The van der Waals surface area contributed by atoms with E-state index in [1.54, 1.807) is 0 Å². The molecule has 1 unspecified atom stereocenters. The highest BCUT2D eigenvalue weighted by Crippen LogP contribution is 2.34. The fourth-order valence-corrected chi connectivity index (χ4v) is 3.58. The molecular formula is C19H23N3O2. The van der Waals surface area contributed by atoms with E-state index in [4.69, 9.17) is 9.15 Å². The van der Waals surface area contributed by atoms with Crippen LogP contribution in [0.5, 0.6) is 0 Å². The molecule has 0 N–H and O–H groups in total. The van der Waals surface area contributed by atoms with E-state index in [1.165, 1.54) is 10.9 Å². The Kier molecular flexibility index (Phi) is 3.68. The lowest BCUT2D eigenvalue weighted by Gasteiger charge is -2.34. The Morgan fingerprint density at radius 3 is 2.92 bits per heavy atom. The van der Waals surface area contributed by atoms with E-state index >= 15 is 0 Å². The number of benzene rings is 1. The number of para-hydroxylation sites is 1. The van der Waals surface area contributed by atoms with Gasteiger partial charge in [0.25, 0.3) is 0 Å². The van der Waals surface area contributed by atoms with Crippen molar-refractivity contribution < 1.29 is 9.15 Å². The molecule has 1 saturated heterocycles. The Hall–Kier alpha value is -2.14. The van der Waals surface area contributed by atoms with E-state index in [9.17, 15) is 0 Å². The van der Waals surface area contributed by atoms with Gasteiger partial charge in [-0.3, -0.25) is 0 Å². The van der Waals surface area contributed by atoms with Crippen LogP contribution in [-0.4, -0.2) is 27.2 Å². The zero-order valence-corrected chi connectivity index (χ0v) is 14.5. The van der Waals surface area contributed by atoms with Crippen molar-refractivity contribution in [3.05, 3.63) is 47.5 Å². The summed E-state index contributed by atoms with van der Waals surface area (Å²) in [5.74, 6) is 1.36. The molecule has 3 aromatic rings. The van der Waals surface area contributed by atoms with Gasteiger partial charge in [-0.1, -0.05) is 23.4 Å². The molecule has 5 heteroatoms. The fourth-order valence-electron chi connectivity index (χ4n) is 3.58. The van der Waals surface area contributed by atoms with Crippen LogP contribution in [0.3, 0.4) is 0 Å². The number of rotatable bonds is 3. The lowest BCUT2D eigenvalue weighted by Crippen LogP contribution is -2.33. The molecular weight excluding hydrogens is 302 g/mol. The molecule has 1 aliphatic heterocycles. The van der Waals surface area contributed by atoms with Crippen LogP contribution in [0.4, 0.5) is 0 Å². The number of hydrogen-bond acceptors (Lipinski definition) is 4. The SMILES string of the molecule is Cc1c(Cn2cc(C3CCOC(C)(C)C3)nn2)oc2ccccc12. The fraction of sp³-hybridized carbons (Fsp3) is 0.474. The number of aromatic nitrogens is 3. The highest BCUT2D eigenvalue weighted by atomic mass is 16.5. The van der Waals surface area contributed by atoms with Crippen LogP contribution < -0.4 is 0 Å². The first kappa shape index (κ1) is 15.4. The quantitative estimate of drug-likeness (QED) is 0.729. The number of hydrogen-bond donors (Lipinski definition) is 0. The van der Waals surface area contributed by atoms with Crippen LogP contribution in [0.1, 0.15) is 49.6 Å². The van der Waals surface area contributed by atoms with Gasteiger partial charge in [0.1, 0.15) is 17.9 Å². The molecule has 2 aromatic heterocycles. The largest absolute Gasteiger partial charge is 0.459 e. The van der Waals surface area contributed by atoms with Crippen molar-refractivity contribution in [2.24, 2.45) is 0 Å². The first-order valence-electron chi connectivity index (χ1n) is 8.53. The molecule has 1 aromatic carbocycles. The van der Waals surface area contributed by atoms with Crippen LogP contribution in [0, 0.1) is 6.92 Å². The van der Waals surface area contributed by atoms with Gasteiger partial charge in [0.15, 0.2) is 0 Å². The minimum atomic E-state index is -0.0813. The molecule has 1 aliphatic rings. The van der Waals surface area contributed by atoms with Gasteiger partial charge >= 0.3 is 0 Å². The predicted molar refractivity (Wildman–Crippen MR) is 92.1 cm³/mol. The van der Waals surface area contributed by atoms with Crippen LogP contribution >= 0.6 is 0 Å². The summed E-state index contributed by atoms with van der Waals surface area (Å²) in [7, 11) is 0. The third-order valence-corrected chi connectivity index (χ3v) is 4.92. The van der Waals surface area contributed by atoms with E-state index < -0.39 is 0 Å². The summed E-state index contributed by atoms with van der Waals surface area (Å²) in [6.07, 6.45) is 4.04. The number of nitrogens with zero attached hydrogens (tertiary/aromatic N) is 3. The maximum atomic E-state index is 5.98. The van der Waals surface area contributed by atoms with Crippen molar-refractivity contribution in [3.8, 4) is 0 Å². The molecule has 0 amide bonds. The van der Waals surface area contributed by atoms with Gasteiger partial charge in [-0.2, -0.15) is 0 Å². The molecule has 1 fully saturated rings. The Labute approximate surface area is 141 Å². The van der Waals surface area contributed by atoms with E-state index in [-0.39, 0.29) is 5.60 Å². The Morgan fingerprint density at radius 2 is 2.12 bits per heavy atom. The minimum Gasteiger partial charge on any atom is -0.459 e. The van der Waals surface area contributed by atoms with E-state index in [2.05, 4.69) is 43.3 Å². The summed E-state index contributed by atoms with van der Waals surface area (Å²) in [6, 6.07) is 8.13.